The molecule has 1 aliphatic carbocycles. The standard InChI is InChI=1S/C28H34N2O5/c1-18(2)13-14-25(27(33)30(15-19(3)4)16-26(31)32)29-28(34)35-17-24-22-11-7-5-9-20(22)21-10-6-8-12-23(21)24/h5-13,19,24-25H,14-17H2,1-4H3,(H,29,34)(H,31,32). The number of nitrogens with zero attached hydrogens (tertiary/aromatic N) is 1. The van der Waals surface area contributed by atoms with Gasteiger partial charge in [0.25, 0.3) is 0 Å². The van der Waals surface area contributed by atoms with Crippen LogP contribution >= 0.6 is 0 Å². The molecule has 2 N–H and O–H groups in total. The van der Waals surface area contributed by atoms with E-state index in [0.29, 0.717) is 0 Å². The van der Waals surface area contributed by atoms with Gasteiger partial charge in [0, 0.05) is 12.5 Å². The smallest absolute Gasteiger partial charge is 0.407 e. The van der Waals surface area contributed by atoms with Crippen molar-refractivity contribution in [2.75, 3.05) is 19.7 Å². The Morgan fingerprint density at radius 3 is 2.11 bits per heavy atom. The summed E-state index contributed by atoms with van der Waals surface area (Å²) in [5.41, 5.74) is 5.45. The second kappa shape index (κ2) is 11.7. The predicted octanol–water partition coefficient (Wildman–Crippen LogP) is 4.82. The summed E-state index contributed by atoms with van der Waals surface area (Å²) in [6, 6.07) is 15.2. The summed E-state index contributed by atoms with van der Waals surface area (Å²) in [6.45, 7) is 7.61. The Labute approximate surface area is 206 Å². The minimum absolute atomic E-state index is 0.0804. The molecular formula is C28H34N2O5. The topological polar surface area (TPSA) is 95.9 Å². The summed E-state index contributed by atoms with van der Waals surface area (Å²) in [7, 11) is 0. The van der Waals surface area contributed by atoms with Crippen molar-refractivity contribution in [3.05, 3.63) is 71.3 Å². The molecule has 1 aliphatic rings. The van der Waals surface area contributed by atoms with Gasteiger partial charge in [-0.05, 0) is 48.4 Å². The van der Waals surface area contributed by atoms with Gasteiger partial charge in [-0.15, -0.1) is 0 Å². The first-order valence-corrected chi connectivity index (χ1v) is 11.9. The number of carbonyl (C=O) groups excluding carboxylic acids is 2. The van der Waals surface area contributed by atoms with E-state index < -0.39 is 30.6 Å². The molecule has 0 spiro atoms. The van der Waals surface area contributed by atoms with Gasteiger partial charge in [0.05, 0.1) is 0 Å². The summed E-state index contributed by atoms with van der Waals surface area (Å²) >= 11 is 0. The Bertz CT molecular complexity index is 1060. The number of fused-ring (bicyclic) bond motifs is 3. The van der Waals surface area contributed by atoms with Gasteiger partial charge in [0.2, 0.25) is 5.91 Å². The molecule has 0 fully saturated rings. The lowest BCUT2D eigenvalue weighted by Crippen LogP contribution is -2.50. The van der Waals surface area contributed by atoms with E-state index in [1.165, 1.54) is 4.90 Å². The predicted molar refractivity (Wildman–Crippen MR) is 135 cm³/mol. The molecule has 0 saturated carbocycles. The Balaban J connectivity index is 1.73. The molecule has 0 saturated heterocycles. The fraction of sp³-hybridized carbons (Fsp3) is 0.393. The van der Waals surface area contributed by atoms with Gasteiger partial charge in [-0.1, -0.05) is 74.0 Å². The Morgan fingerprint density at radius 1 is 1.03 bits per heavy atom. The van der Waals surface area contributed by atoms with Crippen LogP contribution in [0.15, 0.2) is 60.2 Å². The summed E-state index contributed by atoms with van der Waals surface area (Å²) < 4.78 is 5.61. The number of nitrogens with one attached hydrogen (secondary N) is 1. The molecule has 2 aromatic carbocycles. The van der Waals surface area contributed by atoms with Crippen molar-refractivity contribution in [1.82, 2.24) is 10.2 Å². The summed E-state index contributed by atoms with van der Waals surface area (Å²) in [6.07, 6.45) is 1.40. The quantitative estimate of drug-likeness (QED) is 0.478. The fourth-order valence-corrected chi connectivity index (χ4v) is 4.41. The number of carboxylic acid groups (broad SMARTS) is 1. The molecule has 0 bridgehead atoms. The lowest BCUT2D eigenvalue weighted by Gasteiger charge is -2.27. The normalized spacial score (nSPS) is 12.9. The highest BCUT2D eigenvalue weighted by Crippen LogP contribution is 2.44. The van der Waals surface area contributed by atoms with E-state index in [1.54, 1.807) is 0 Å². The van der Waals surface area contributed by atoms with E-state index in [-0.39, 0.29) is 31.4 Å². The average Bonchev–Trinajstić information content (AvgIpc) is 3.12. The number of ether oxygens (including phenoxy) is 1. The minimum Gasteiger partial charge on any atom is -0.480 e. The summed E-state index contributed by atoms with van der Waals surface area (Å²) in [5.74, 6) is -1.55. The Hall–Kier alpha value is -3.61. The second-order valence-corrected chi connectivity index (χ2v) is 9.55. The van der Waals surface area contributed by atoms with Crippen molar-refractivity contribution in [3.8, 4) is 11.1 Å². The largest absolute Gasteiger partial charge is 0.480 e. The molecule has 35 heavy (non-hydrogen) atoms. The van der Waals surface area contributed by atoms with Crippen LogP contribution in [0.1, 0.15) is 51.2 Å². The number of alkyl carbamates (subject to hydrolysis) is 1. The molecule has 1 atom stereocenters. The van der Waals surface area contributed by atoms with Gasteiger partial charge in [-0.2, -0.15) is 0 Å². The third-order valence-electron chi connectivity index (χ3n) is 5.92. The molecule has 7 heteroatoms. The van der Waals surface area contributed by atoms with E-state index in [0.717, 1.165) is 27.8 Å². The zero-order chi connectivity index (χ0) is 25.5. The third kappa shape index (κ3) is 6.72. The first-order chi connectivity index (χ1) is 16.7. The number of rotatable bonds is 10. The van der Waals surface area contributed by atoms with Crippen LogP contribution in [0, 0.1) is 5.92 Å². The van der Waals surface area contributed by atoms with Crippen molar-refractivity contribution >= 4 is 18.0 Å². The van der Waals surface area contributed by atoms with Crippen LogP contribution in [-0.2, 0) is 14.3 Å². The molecule has 0 aromatic heterocycles. The molecule has 3 rings (SSSR count). The number of allylic oxidation sites excluding steroid dienone is 1. The van der Waals surface area contributed by atoms with Crippen LogP contribution in [0.25, 0.3) is 11.1 Å². The first-order valence-electron chi connectivity index (χ1n) is 11.9. The second-order valence-electron chi connectivity index (χ2n) is 9.55. The van der Waals surface area contributed by atoms with E-state index in [1.807, 2.05) is 70.2 Å². The number of aliphatic carboxylic acids is 1. The molecule has 0 aliphatic heterocycles. The van der Waals surface area contributed by atoms with Crippen LogP contribution < -0.4 is 5.32 Å². The van der Waals surface area contributed by atoms with Crippen LogP contribution in [0.3, 0.4) is 0 Å². The first kappa shape index (κ1) is 26.0. The van der Waals surface area contributed by atoms with Crippen LogP contribution in [0.5, 0.6) is 0 Å². The molecule has 1 unspecified atom stereocenters. The van der Waals surface area contributed by atoms with Crippen LogP contribution in [0.4, 0.5) is 4.79 Å². The highest BCUT2D eigenvalue weighted by Gasteiger charge is 2.31. The van der Waals surface area contributed by atoms with Crippen molar-refractivity contribution in [3.63, 3.8) is 0 Å². The highest BCUT2D eigenvalue weighted by molar-refractivity contribution is 5.88. The van der Waals surface area contributed by atoms with Crippen molar-refractivity contribution in [2.24, 2.45) is 5.92 Å². The van der Waals surface area contributed by atoms with Gasteiger partial charge in [-0.3, -0.25) is 9.59 Å². The zero-order valence-electron chi connectivity index (χ0n) is 20.8. The summed E-state index contributed by atoms with van der Waals surface area (Å²) in [5, 5.41) is 12.0. The van der Waals surface area contributed by atoms with E-state index in [9.17, 15) is 19.5 Å². The average molecular weight is 479 g/mol. The number of carbonyl (C=O) groups is 3. The Kier molecular flexibility index (Phi) is 8.68. The van der Waals surface area contributed by atoms with Crippen molar-refractivity contribution in [1.29, 1.82) is 0 Å². The molecule has 0 heterocycles. The molecule has 7 nitrogen and oxygen atoms in total. The van der Waals surface area contributed by atoms with Crippen molar-refractivity contribution < 1.29 is 24.2 Å². The summed E-state index contributed by atoms with van der Waals surface area (Å²) in [4.78, 5) is 38.6. The van der Waals surface area contributed by atoms with Crippen LogP contribution in [-0.4, -0.2) is 53.7 Å². The molecule has 2 amide bonds. The maximum absolute atomic E-state index is 13.2. The van der Waals surface area contributed by atoms with Crippen molar-refractivity contribution in [2.45, 2.75) is 46.1 Å². The van der Waals surface area contributed by atoms with E-state index in [4.69, 9.17) is 4.74 Å². The number of benzene rings is 2. The number of carboxylic acids is 1. The maximum atomic E-state index is 13.2. The van der Waals surface area contributed by atoms with Gasteiger partial charge in [-0.25, -0.2) is 4.79 Å². The minimum atomic E-state index is -1.10. The zero-order valence-corrected chi connectivity index (χ0v) is 20.8. The number of amides is 2. The lowest BCUT2D eigenvalue weighted by molar-refractivity contribution is -0.145. The maximum Gasteiger partial charge on any atom is 0.407 e. The number of hydrogen-bond acceptors (Lipinski definition) is 4. The third-order valence-corrected chi connectivity index (χ3v) is 5.92. The van der Waals surface area contributed by atoms with Crippen LogP contribution in [0.2, 0.25) is 0 Å². The lowest BCUT2D eigenvalue weighted by atomic mass is 9.98. The molecular weight excluding hydrogens is 444 g/mol. The Morgan fingerprint density at radius 2 is 1.60 bits per heavy atom. The van der Waals surface area contributed by atoms with Gasteiger partial charge >= 0.3 is 12.1 Å². The molecule has 2 aromatic rings. The number of hydrogen-bond donors (Lipinski definition) is 2. The van der Waals surface area contributed by atoms with E-state index >= 15 is 0 Å². The fourth-order valence-electron chi connectivity index (χ4n) is 4.41. The van der Waals surface area contributed by atoms with Gasteiger partial charge in [0.1, 0.15) is 19.2 Å². The monoisotopic (exact) mass is 478 g/mol. The highest BCUT2D eigenvalue weighted by atomic mass is 16.5. The SMILES string of the molecule is CC(C)=CCC(NC(=O)OCC1c2ccccc2-c2ccccc21)C(=O)N(CC(=O)O)CC(C)C. The van der Waals surface area contributed by atoms with Gasteiger partial charge in [0.15, 0.2) is 0 Å². The van der Waals surface area contributed by atoms with Gasteiger partial charge < -0.3 is 20.1 Å². The molecule has 186 valence electrons. The molecule has 0 radical (unpaired) electrons. The van der Waals surface area contributed by atoms with E-state index in [2.05, 4.69) is 17.4 Å².